The first-order chi connectivity index (χ1) is 15.1. The van der Waals surface area contributed by atoms with E-state index < -0.39 is 35.7 Å². The zero-order chi connectivity index (χ0) is 23.5. The number of rotatable bonds is 6. The molecule has 1 aliphatic heterocycles. The fourth-order valence-corrected chi connectivity index (χ4v) is 4.03. The molecular formula is C21H20BrClF5N3O. The van der Waals surface area contributed by atoms with Gasteiger partial charge in [-0.3, -0.25) is 9.69 Å². The van der Waals surface area contributed by atoms with Crippen molar-refractivity contribution < 1.29 is 26.7 Å². The van der Waals surface area contributed by atoms with Gasteiger partial charge in [0.2, 0.25) is 0 Å². The number of benzene rings is 2. The van der Waals surface area contributed by atoms with E-state index >= 15 is 0 Å². The van der Waals surface area contributed by atoms with Crippen LogP contribution in [0.3, 0.4) is 0 Å². The van der Waals surface area contributed by atoms with Gasteiger partial charge in [-0.1, -0.05) is 33.6 Å². The second-order valence-electron chi connectivity index (χ2n) is 7.34. The Morgan fingerprint density at radius 1 is 1.06 bits per heavy atom. The third-order valence-electron chi connectivity index (χ3n) is 5.18. The number of nitrogens with zero attached hydrogens (tertiary/aromatic N) is 2. The van der Waals surface area contributed by atoms with Gasteiger partial charge in [0.1, 0.15) is 0 Å². The molecular weight excluding hydrogens is 521 g/mol. The molecule has 11 heteroatoms. The second kappa shape index (κ2) is 10.4. The fraction of sp³-hybridized carbons (Fsp3) is 0.381. The summed E-state index contributed by atoms with van der Waals surface area (Å²) in [5, 5.41) is 3.10. The van der Waals surface area contributed by atoms with E-state index in [4.69, 9.17) is 11.6 Å². The zero-order valence-corrected chi connectivity index (χ0v) is 19.1. The lowest BCUT2D eigenvalue weighted by molar-refractivity contribution is -0.138. The van der Waals surface area contributed by atoms with Crippen molar-refractivity contribution >= 4 is 44.8 Å². The first-order valence-electron chi connectivity index (χ1n) is 9.77. The van der Waals surface area contributed by atoms with E-state index in [9.17, 15) is 26.7 Å². The van der Waals surface area contributed by atoms with Crippen molar-refractivity contribution in [1.82, 2.24) is 4.90 Å². The molecule has 3 rings (SSSR count). The van der Waals surface area contributed by atoms with E-state index in [-0.39, 0.29) is 17.4 Å². The zero-order valence-electron chi connectivity index (χ0n) is 16.8. The van der Waals surface area contributed by atoms with Crippen molar-refractivity contribution in [2.24, 2.45) is 0 Å². The summed E-state index contributed by atoms with van der Waals surface area (Å²) in [5.74, 6) is -3.16. The van der Waals surface area contributed by atoms with Crippen LogP contribution in [0.25, 0.3) is 0 Å². The molecule has 2 aromatic rings. The molecule has 0 spiro atoms. The quantitative estimate of drug-likeness (QED) is 0.369. The third kappa shape index (κ3) is 6.11. The normalized spacial score (nSPS) is 15.2. The number of nitrogens with one attached hydrogen (secondary N) is 1. The smallest absolute Gasteiger partial charge is 0.367 e. The molecule has 0 atom stereocenters. The molecule has 174 valence electrons. The highest BCUT2D eigenvalue weighted by atomic mass is 79.9. The third-order valence-corrected chi connectivity index (χ3v) is 6.02. The highest BCUT2D eigenvalue weighted by molar-refractivity contribution is 9.08. The Kier molecular flexibility index (Phi) is 8.00. The van der Waals surface area contributed by atoms with Gasteiger partial charge in [0.25, 0.3) is 5.91 Å². The van der Waals surface area contributed by atoms with Crippen molar-refractivity contribution in [2.75, 3.05) is 42.9 Å². The molecule has 2 aromatic carbocycles. The van der Waals surface area contributed by atoms with Crippen LogP contribution in [0, 0.1) is 11.6 Å². The number of halogens is 7. The number of amides is 1. The van der Waals surface area contributed by atoms with E-state index in [1.807, 2.05) is 4.90 Å². The average Bonchev–Trinajstić information content (AvgIpc) is 2.75. The highest BCUT2D eigenvalue weighted by Crippen LogP contribution is 2.31. The molecule has 0 aliphatic carbocycles. The van der Waals surface area contributed by atoms with Crippen LogP contribution < -0.4 is 10.2 Å². The Bertz CT molecular complexity index is 981. The second-order valence-corrected chi connectivity index (χ2v) is 8.34. The van der Waals surface area contributed by atoms with E-state index in [2.05, 4.69) is 21.2 Å². The summed E-state index contributed by atoms with van der Waals surface area (Å²) in [7, 11) is 0. The Hall–Kier alpha value is -1.91. The Morgan fingerprint density at radius 3 is 2.38 bits per heavy atom. The Morgan fingerprint density at radius 2 is 1.75 bits per heavy atom. The average molecular weight is 541 g/mol. The Balaban J connectivity index is 1.74. The number of piperazine rings is 1. The lowest BCUT2D eigenvalue weighted by atomic mass is 10.1. The monoisotopic (exact) mass is 539 g/mol. The topological polar surface area (TPSA) is 35.6 Å². The summed E-state index contributed by atoms with van der Waals surface area (Å²) >= 11 is 9.17. The summed E-state index contributed by atoms with van der Waals surface area (Å²) in [5.41, 5.74) is 0.548. The van der Waals surface area contributed by atoms with Crippen LogP contribution in [-0.2, 0) is 5.33 Å². The van der Waals surface area contributed by atoms with Crippen LogP contribution in [-0.4, -0.2) is 49.7 Å². The van der Waals surface area contributed by atoms with Crippen LogP contribution >= 0.6 is 27.5 Å². The number of carbonyl (C=O) groups is 1. The number of hydrogen-bond donors (Lipinski definition) is 1. The largest absolute Gasteiger partial charge is 0.390 e. The van der Waals surface area contributed by atoms with E-state index in [1.165, 1.54) is 12.1 Å². The predicted molar refractivity (Wildman–Crippen MR) is 118 cm³/mol. The molecule has 1 N–H and O–H groups in total. The summed E-state index contributed by atoms with van der Waals surface area (Å²) < 4.78 is 65.8. The van der Waals surface area contributed by atoms with Crippen LogP contribution in [0.5, 0.6) is 0 Å². The fourth-order valence-electron chi connectivity index (χ4n) is 3.43. The molecule has 1 heterocycles. The van der Waals surface area contributed by atoms with Crippen molar-refractivity contribution in [3.63, 3.8) is 0 Å². The maximum Gasteiger partial charge on any atom is 0.390 e. The van der Waals surface area contributed by atoms with Crippen molar-refractivity contribution in [2.45, 2.75) is 17.9 Å². The van der Waals surface area contributed by atoms with Gasteiger partial charge in [-0.15, -0.1) is 0 Å². The highest BCUT2D eigenvalue weighted by Gasteiger charge is 2.29. The van der Waals surface area contributed by atoms with Crippen molar-refractivity contribution in [3.8, 4) is 0 Å². The molecule has 0 saturated carbocycles. The van der Waals surface area contributed by atoms with Crippen LogP contribution in [0.2, 0.25) is 5.02 Å². The minimum Gasteiger partial charge on any atom is -0.367 e. The summed E-state index contributed by atoms with van der Waals surface area (Å²) in [6.45, 7) is 1.58. The summed E-state index contributed by atoms with van der Waals surface area (Å²) in [6.07, 6.45) is -5.08. The van der Waals surface area contributed by atoms with E-state index in [1.54, 1.807) is 23.1 Å². The van der Waals surface area contributed by atoms with Crippen LogP contribution in [0.4, 0.5) is 33.3 Å². The number of hydrogen-bond acceptors (Lipinski definition) is 3. The molecule has 0 aromatic heterocycles. The van der Waals surface area contributed by atoms with Gasteiger partial charge in [-0.25, -0.2) is 8.78 Å². The molecule has 32 heavy (non-hydrogen) atoms. The van der Waals surface area contributed by atoms with Crippen molar-refractivity contribution in [3.05, 3.63) is 58.1 Å². The van der Waals surface area contributed by atoms with Gasteiger partial charge in [0.15, 0.2) is 11.6 Å². The van der Waals surface area contributed by atoms with Gasteiger partial charge in [0.05, 0.1) is 23.4 Å². The van der Waals surface area contributed by atoms with E-state index in [0.717, 1.165) is 0 Å². The molecule has 4 nitrogen and oxygen atoms in total. The van der Waals surface area contributed by atoms with Crippen LogP contribution in [0.1, 0.15) is 22.3 Å². The summed E-state index contributed by atoms with van der Waals surface area (Å²) in [4.78, 5) is 16.2. The number of alkyl halides is 4. The van der Waals surface area contributed by atoms with Gasteiger partial charge in [0, 0.05) is 48.6 Å². The lowest BCUT2D eigenvalue weighted by Gasteiger charge is -2.37. The molecule has 1 saturated heterocycles. The molecule has 0 radical (unpaired) electrons. The van der Waals surface area contributed by atoms with Gasteiger partial charge >= 0.3 is 6.18 Å². The number of anilines is 2. The van der Waals surface area contributed by atoms with Gasteiger partial charge < -0.3 is 10.2 Å². The molecule has 1 aliphatic rings. The minimum absolute atomic E-state index is 0.0777. The lowest BCUT2D eigenvalue weighted by Crippen LogP contribution is -2.47. The molecule has 1 fully saturated rings. The van der Waals surface area contributed by atoms with Gasteiger partial charge in [-0.05, 0) is 24.3 Å². The maximum atomic E-state index is 14.3. The standard InChI is InChI=1S/C21H20BrClF5N3O/c22-12-13-1-3-15(19(25)18(13)24)20(32)29-16-4-2-14(23)11-17(16)31-9-7-30(8-10-31)6-5-21(26,27)28/h1-4,11H,5-10,12H2,(H,29,32). The Labute approximate surface area is 195 Å². The minimum atomic E-state index is -4.21. The molecule has 0 unspecified atom stereocenters. The first kappa shape index (κ1) is 24.7. The maximum absolute atomic E-state index is 14.3. The van der Waals surface area contributed by atoms with Crippen LogP contribution in [0.15, 0.2) is 30.3 Å². The van der Waals surface area contributed by atoms with Crippen molar-refractivity contribution in [1.29, 1.82) is 0 Å². The SMILES string of the molecule is O=C(Nc1ccc(Cl)cc1N1CCN(CCC(F)(F)F)CC1)c1ccc(CBr)c(F)c1F. The molecule has 1 amide bonds. The number of carbonyl (C=O) groups excluding carboxylic acids is 1. The predicted octanol–water partition coefficient (Wildman–Crippen LogP) is 5.84. The van der Waals surface area contributed by atoms with E-state index in [0.29, 0.717) is 42.6 Å². The molecule has 0 bridgehead atoms. The summed E-state index contributed by atoms with van der Waals surface area (Å²) in [6, 6.07) is 7.25. The van der Waals surface area contributed by atoms with Gasteiger partial charge in [-0.2, -0.15) is 13.2 Å². The first-order valence-corrected chi connectivity index (χ1v) is 11.3.